The van der Waals surface area contributed by atoms with Crippen LogP contribution in [0, 0.1) is 0 Å². The maximum absolute atomic E-state index is 12.7. The fourth-order valence-electron chi connectivity index (χ4n) is 3.11. The Balaban J connectivity index is 1.55. The van der Waals surface area contributed by atoms with Crippen molar-refractivity contribution in [2.75, 3.05) is 6.54 Å². The average Bonchev–Trinajstić information content (AvgIpc) is 3.02. The molecule has 1 aliphatic heterocycles. The van der Waals surface area contributed by atoms with Crippen molar-refractivity contribution in [3.05, 3.63) is 81.8 Å². The van der Waals surface area contributed by atoms with E-state index in [1.54, 1.807) is 4.90 Å². The molecule has 0 spiro atoms. The number of aromatic nitrogens is 2. The lowest BCUT2D eigenvalue weighted by molar-refractivity contribution is 0.0734. The van der Waals surface area contributed by atoms with Gasteiger partial charge in [-0.2, -0.15) is 0 Å². The third kappa shape index (κ3) is 2.54. The molecule has 2 aromatic carbocycles. The van der Waals surface area contributed by atoms with Crippen molar-refractivity contribution in [3.63, 3.8) is 0 Å². The molecular formula is C19H17N3O2. The van der Waals surface area contributed by atoms with Gasteiger partial charge in [-0.05, 0) is 23.3 Å². The zero-order valence-corrected chi connectivity index (χ0v) is 13.1. The number of aromatic amines is 2. The molecule has 0 unspecified atom stereocenters. The van der Waals surface area contributed by atoms with E-state index < -0.39 is 0 Å². The number of amides is 1. The molecular weight excluding hydrogens is 302 g/mol. The SMILES string of the molecule is O=C(c1ccc(-c2ccccc2)cc1)N1CCc2[nH][nH]c(=O)c2C1. The Kier molecular flexibility index (Phi) is 3.54. The summed E-state index contributed by atoms with van der Waals surface area (Å²) >= 11 is 0. The van der Waals surface area contributed by atoms with E-state index in [-0.39, 0.29) is 11.5 Å². The monoisotopic (exact) mass is 319 g/mol. The molecule has 0 saturated heterocycles. The number of H-pyrrole nitrogens is 2. The maximum Gasteiger partial charge on any atom is 0.269 e. The summed E-state index contributed by atoms with van der Waals surface area (Å²) in [6.45, 7) is 0.966. The largest absolute Gasteiger partial charge is 0.334 e. The van der Waals surface area contributed by atoms with Gasteiger partial charge < -0.3 is 10.00 Å². The smallest absolute Gasteiger partial charge is 0.269 e. The summed E-state index contributed by atoms with van der Waals surface area (Å²) in [5.74, 6) is -0.0409. The summed E-state index contributed by atoms with van der Waals surface area (Å²) in [6.07, 6.45) is 0.669. The topological polar surface area (TPSA) is 69.0 Å². The standard InChI is InChI=1S/C19H17N3O2/c23-18-16-12-22(11-10-17(16)20-21-18)19(24)15-8-6-14(7-9-15)13-4-2-1-3-5-13/h1-9H,10-12H2,(H2,20,21,23). The molecule has 5 nitrogen and oxygen atoms in total. The van der Waals surface area contributed by atoms with Gasteiger partial charge in [-0.3, -0.25) is 14.7 Å². The summed E-state index contributed by atoms with van der Waals surface area (Å²) in [6, 6.07) is 17.7. The summed E-state index contributed by atoms with van der Waals surface area (Å²) in [7, 11) is 0. The van der Waals surface area contributed by atoms with Crippen LogP contribution >= 0.6 is 0 Å². The molecule has 0 aliphatic carbocycles. The minimum absolute atomic E-state index is 0.0409. The molecule has 4 rings (SSSR count). The van der Waals surface area contributed by atoms with E-state index in [2.05, 4.69) is 10.2 Å². The zero-order chi connectivity index (χ0) is 16.5. The van der Waals surface area contributed by atoms with E-state index in [1.807, 2.05) is 54.6 Å². The third-order valence-corrected chi connectivity index (χ3v) is 4.47. The lowest BCUT2D eigenvalue weighted by Gasteiger charge is -2.26. The van der Waals surface area contributed by atoms with Crippen LogP contribution in [0.3, 0.4) is 0 Å². The molecule has 1 aliphatic rings. The van der Waals surface area contributed by atoms with E-state index in [9.17, 15) is 9.59 Å². The molecule has 24 heavy (non-hydrogen) atoms. The Morgan fingerprint density at radius 1 is 0.917 bits per heavy atom. The molecule has 2 heterocycles. The molecule has 0 saturated carbocycles. The number of benzene rings is 2. The normalized spacial score (nSPS) is 13.6. The first kappa shape index (κ1) is 14.5. The number of hydrogen-bond donors (Lipinski definition) is 2. The third-order valence-electron chi connectivity index (χ3n) is 4.47. The van der Waals surface area contributed by atoms with Gasteiger partial charge in [0.2, 0.25) is 0 Å². The Morgan fingerprint density at radius 2 is 1.62 bits per heavy atom. The summed E-state index contributed by atoms with van der Waals surface area (Å²) in [5, 5.41) is 5.46. The van der Waals surface area contributed by atoms with Gasteiger partial charge in [0.05, 0.1) is 12.1 Å². The molecule has 2 N–H and O–H groups in total. The van der Waals surface area contributed by atoms with E-state index in [1.165, 1.54) is 0 Å². The second-order valence-corrected chi connectivity index (χ2v) is 5.96. The van der Waals surface area contributed by atoms with E-state index >= 15 is 0 Å². The lowest BCUT2D eigenvalue weighted by Crippen LogP contribution is -2.37. The summed E-state index contributed by atoms with van der Waals surface area (Å²) in [4.78, 5) is 26.2. The van der Waals surface area contributed by atoms with Gasteiger partial charge in [-0.25, -0.2) is 0 Å². The Hall–Kier alpha value is -3.08. The molecule has 0 bridgehead atoms. The number of nitrogens with zero attached hydrogens (tertiary/aromatic N) is 1. The highest BCUT2D eigenvalue weighted by molar-refractivity contribution is 5.94. The minimum atomic E-state index is -0.137. The van der Waals surface area contributed by atoms with Gasteiger partial charge in [0.15, 0.2) is 0 Å². The summed E-state index contributed by atoms with van der Waals surface area (Å²) < 4.78 is 0. The van der Waals surface area contributed by atoms with Crippen molar-refractivity contribution in [1.29, 1.82) is 0 Å². The predicted octanol–water partition coefficient (Wildman–Crippen LogP) is 2.57. The second-order valence-electron chi connectivity index (χ2n) is 5.96. The molecule has 1 amide bonds. The van der Waals surface area contributed by atoms with Gasteiger partial charge >= 0.3 is 0 Å². The van der Waals surface area contributed by atoms with Crippen molar-refractivity contribution in [2.24, 2.45) is 0 Å². The van der Waals surface area contributed by atoms with Crippen molar-refractivity contribution in [1.82, 2.24) is 15.1 Å². The number of hydrogen-bond acceptors (Lipinski definition) is 2. The molecule has 1 aromatic heterocycles. The Morgan fingerprint density at radius 3 is 2.38 bits per heavy atom. The molecule has 0 atom stereocenters. The van der Waals surface area contributed by atoms with Crippen molar-refractivity contribution < 1.29 is 4.79 Å². The number of rotatable bonds is 2. The number of fused-ring (bicyclic) bond motifs is 1. The minimum Gasteiger partial charge on any atom is -0.334 e. The highest BCUT2D eigenvalue weighted by Crippen LogP contribution is 2.21. The Labute approximate surface area is 138 Å². The van der Waals surface area contributed by atoms with Crippen LogP contribution in [0.15, 0.2) is 59.4 Å². The van der Waals surface area contributed by atoms with Gasteiger partial charge in [-0.15, -0.1) is 0 Å². The van der Waals surface area contributed by atoms with Crippen LogP contribution in [0.4, 0.5) is 0 Å². The molecule has 3 aromatic rings. The van der Waals surface area contributed by atoms with Crippen molar-refractivity contribution in [2.45, 2.75) is 13.0 Å². The quantitative estimate of drug-likeness (QED) is 0.762. The fourth-order valence-corrected chi connectivity index (χ4v) is 3.11. The van der Waals surface area contributed by atoms with E-state index in [0.29, 0.717) is 30.6 Å². The van der Waals surface area contributed by atoms with Crippen LogP contribution in [-0.4, -0.2) is 27.5 Å². The van der Waals surface area contributed by atoms with Gasteiger partial charge in [0, 0.05) is 24.2 Å². The van der Waals surface area contributed by atoms with Gasteiger partial charge in [0.1, 0.15) is 0 Å². The highest BCUT2D eigenvalue weighted by atomic mass is 16.2. The Bertz CT molecular complexity index is 923. The van der Waals surface area contributed by atoms with Gasteiger partial charge in [-0.1, -0.05) is 42.5 Å². The fraction of sp³-hybridized carbons (Fsp3) is 0.158. The van der Waals surface area contributed by atoms with Gasteiger partial charge in [0.25, 0.3) is 11.5 Å². The lowest BCUT2D eigenvalue weighted by atomic mass is 10.0. The van der Waals surface area contributed by atoms with Crippen molar-refractivity contribution in [3.8, 4) is 11.1 Å². The molecule has 0 fully saturated rings. The van der Waals surface area contributed by atoms with E-state index in [4.69, 9.17) is 0 Å². The number of nitrogens with one attached hydrogen (secondary N) is 2. The van der Waals surface area contributed by atoms with Crippen LogP contribution in [-0.2, 0) is 13.0 Å². The number of carbonyl (C=O) groups excluding carboxylic acids is 1. The first-order chi connectivity index (χ1) is 11.7. The van der Waals surface area contributed by atoms with Crippen molar-refractivity contribution >= 4 is 5.91 Å². The number of carbonyl (C=O) groups is 1. The van der Waals surface area contributed by atoms with Crippen LogP contribution in [0.2, 0.25) is 0 Å². The molecule has 5 heteroatoms. The van der Waals surface area contributed by atoms with E-state index in [0.717, 1.165) is 16.8 Å². The molecule has 120 valence electrons. The molecule has 0 radical (unpaired) electrons. The van der Waals surface area contributed by atoms with Crippen LogP contribution < -0.4 is 5.56 Å². The summed E-state index contributed by atoms with van der Waals surface area (Å²) in [5.41, 5.74) is 4.28. The zero-order valence-electron chi connectivity index (χ0n) is 13.1. The van der Waals surface area contributed by atoms with Crippen LogP contribution in [0.25, 0.3) is 11.1 Å². The highest BCUT2D eigenvalue weighted by Gasteiger charge is 2.24. The maximum atomic E-state index is 12.7. The second kappa shape index (κ2) is 5.85. The predicted molar refractivity (Wildman–Crippen MR) is 91.7 cm³/mol. The van der Waals surface area contributed by atoms with Crippen LogP contribution in [0.1, 0.15) is 21.6 Å². The average molecular weight is 319 g/mol. The first-order valence-corrected chi connectivity index (χ1v) is 7.95. The van der Waals surface area contributed by atoms with Crippen LogP contribution in [0.5, 0.6) is 0 Å². The first-order valence-electron chi connectivity index (χ1n) is 7.95.